The van der Waals surface area contributed by atoms with Gasteiger partial charge in [-0.05, 0) is 18.6 Å². The van der Waals surface area contributed by atoms with Gasteiger partial charge in [0.15, 0.2) is 0 Å². The summed E-state index contributed by atoms with van der Waals surface area (Å²) in [5, 5.41) is 3.09. The lowest BCUT2D eigenvalue weighted by atomic mass is 10.4. The number of nitrogens with zero attached hydrogens (tertiary/aromatic N) is 3. The summed E-state index contributed by atoms with van der Waals surface area (Å²) >= 11 is 0. The Hall–Kier alpha value is -1.67. The van der Waals surface area contributed by atoms with Crippen LogP contribution >= 0.6 is 0 Å². The number of hydrogen-bond acceptors (Lipinski definition) is 5. The van der Waals surface area contributed by atoms with Crippen LogP contribution in [0.5, 0.6) is 0 Å². The zero-order valence-corrected chi connectivity index (χ0v) is 13.1. The van der Waals surface area contributed by atoms with Gasteiger partial charge in [-0.2, -0.15) is 4.31 Å². The lowest BCUT2D eigenvalue weighted by molar-refractivity contribution is -0.132. The van der Waals surface area contributed by atoms with Crippen molar-refractivity contribution in [2.75, 3.05) is 38.5 Å². The SMILES string of the molecule is CCCNc1ccc(S(=O)(=O)N2CCN(C)C(=O)C2)cn1. The maximum Gasteiger partial charge on any atom is 0.245 e. The molecule has 1 saturated heterocycles. The van der Waals surface area contributed by atoms with Crippen molar-refractivity contribution in [3.8, 4) is 0 Å². The molecule has 1 aliphatic rings. The largest absolute Gasteiger partial charge is 0.370 e. The quantitative estimate of drug-likeness (QED) is 0.849. The lowest BCUT2D eigenvalue weighted by Crippen LogP contribution is -2.50. The molecule has 1 aliphatic heterocycles. The van der Waals surface area contributed by atoms with Gasteiger partial charge in [0.25, 0.3) is 0 Å². The molecule has 21 heavy (non-hydrogen) atoms. The molecule has 1 aromatic heterocycles. The van der Waals surface area contributed by atoms with Crippen molar-refractivity contribution in [1.29, 1.82) is 0 Å². The molecule has 0 radical (unpaired) electrons. The van der Waals surface area contributed by atoms with Gasteiger partial charge in [-0.25, -0.2) is 13.4 Å². The molecule has 0 aliphatic carbocycles. The summed E-state index contributed by atoms with van der Waals surface area (Å²) < 4.78 is 26.1. The summed E-state index contributed by atoms with van der Waals surface area (Å²) in [6, 6.07) is 3.16. The van der Waals surface area contributed by atoms with E-state index in [2.05, 4.69) is 10.3 Å². The third-order valence-electron chi connectivity index (χ3n) is 3.35. The number of nitrogens with one attached hydrogen (secondary N) is 1. The number of anilines is 1. The van der Waals surface area contributed by atoms with Crippen molar-refractivity contribution in [3.63, 3.8) is 0 Å². The topological polar surface area (TPSA) is 82.6 Å². The van der Waals surface area contributed by atoms with Crippen molar-refractivity contribution in [1.82, 2.24) is 14.2 Å². The average molecular weight is 312 g/mol. The van der Waals surface area contributed by atoms with E-state index in [4.69, 9.17) is 0 Å². The molecule has 2 heterocycles. The molecule has 0 unspecified atom stereocenters. The summed E-state index contributed by atoms with van der Waals surface area (Å²) in [7, 11) is -1.99. The Morgan fingerprint density at radius 2 is 2.10 bits per heavy atom. The van der Waals surface area contributed by atoms with Crippen LogP contribution < -0.4 is 5.32 Å². The molecule has 1 aromatic rings. The van der Waals surface area contributed by atoms with Crippen LogP contribution in [-0.4, -0.2) is 61.7 Å². The molecule has 116 valence electrons. The molecule has 1 amide bonds. The molecule has 1 N–H and O–H groups in total. The number of pyridine rings is 1. The van der Waals surface area contributed by atoms with Gasteiger partial charge in [0.1, 0.15) is 10.7 Å². The molecular weight excluding hydrogens is 292 g/mol. The van der Waals surface area contributed by atoms with Crippen molar-refractivity contribution < 1.29 is 13.2 Å². The Morgan fingerprint density at radius 1 is 1.33 bits per heavy atom. The van der Waals surface area contributed by atoms with Crippen LogP contribution in [0, 0.1) is 0 Å². The Bertz CT molecular complexity index is 600. The van der Waals surface area contributed by atoms with Crippen LogP contribution in [0.1, 0.15) is 13.3 Å². The molecule has 2 rings (SSSR count). The molecule has 7 nitrogen and oxygen atoms in total. The van der Waals surface area contributed by atoms with Crippen LogP contribution in [0.15, 0.2) is 23.2 Å². The Labute approximate surface area is 125 Å². The van der Waals surface area contributed by atoms with Crippen LogP contribution in [-0.2, 0) is 14.8 Å². The van der Waals surface area contributed by atoms with Crippen molar-refractivity contribution in [2.24, 2.45) is 0 Å². The third-order valence-corrected chi connectivity index (χ3v) is 5.18. The predicted octanol–water partition coefficient (Wildman–Crippen LogP) is 0.366. The van der Waals surface area contributed by atoms with Gasteiger partial charge in [-0.1, -0.05) is 6.92 Å². The highest BCUT2D eigenvalue weighted by Gasteiger charge is 2.31. The number of hydrogen-bond donors (Lipinski definition) is 1. The van der Waals surface area contributed by atoms with E-state index >= 15 is 0 Å². The number of piperazine rings is 1. The number of aromatic nitrogens is 1. The zero-order valence-electron chi connectivity index (χ0n) is 12.2. The van der Waals surface area contributed by atoms with E-state index in [-0.39, 0.29) is 17.3 Å². The number of carbonyl (C=O) groups is 1. The van der Waals surface area contributed by atoms with Gasteiger partial charge < -0.3 is 10.2 Å². The second kappa shape index (κ2) is 6.40. The Balaban J connectivity index is 2.14. The molecule has 0 saturated carbocycles. The van der Waals surface area contributed by atoms with Gasteiger partial charge in [0, 0.05) is 32.9 Å². The highest BCUT2D eigenvalue weighted by molar-refractivity contribution is 7.89. The standard InChI is InChI=1S/C13H20N4O3S/c1-3-6-14-12-5-4-11(9-15-12)21(19,20)17-8-7-16(2)13(18)10-17/h4-5,9H,3,6-8,10H2,1-2H3,(H,14,15). The van der Waals surface area contributed by atoms with E-state index in [1.807, 2.05) is 6.92 Å². The summed E-state index contributed by atoms with van der Waals surface area (Å²) in [6.07, 6.45) is 2.29. The molecule has 1 fully saturated rings. The third kappa shape index (κ3) is 3.51. The first kappa shape index (κ1) is 15.7. The predicted molar refractivity (Wildman–Crippen MR) is 79.4 cm³/mol. The second-order valence-electron chi connectivity index (χ2n) is 4.96. The number of amides is 1. The first-order valence-electron chi connectivity index (χ1n) is 6.89. The summed E-state index contributed by atoms with van der Waals surface area (Å²) in [4.78, 5) is 17.4. The minimum Gasteiger partial charge on any atom is -0.370 e. The first-order valence-corrected chi connectivity index (χ1v) is 8.33. The van der Waals surface area contributed by atoms with E-state index in [1.165, 1.54) is 21.5 Å². The van der Waals surface area contributed by atoms with E-state index in [0.29, 0.717) is 18.9 Å². The summed E-state index contributed by atoms with van der Waals surface area (Å²) in [6.45, 7) is 3.42. The number of rotatable bonds is 5. The number of carbonyl (C=O) groups excluding carboxylic acids is 1. The molecular formula is C13H20N4O3S. The maximum absolute atomic E-state index is 12.5. The zero-order chi connectivity index (χ0) is 15.5. The van der Waals surface area contributed by atoms with E-state index in [9.17, 15) is 13.2 Å². The van der Waals surface area contributed by atoms with Crippen LogP contribution in [0.2, 0.25) is 0 Å². The second-order valence-corrected chi connectivity index (χ2v) is 6.90. The lowest BCUT2D eigenvalue weighted by Gasteiger charge is -2.31. The van der Waals surface area contributed by atoms with Crippen molar-refractivity contribution >= 4 is 21.7 Å². The van der Waals surface area contributed by atoms with Gasteiger partial charge >= 0.3 is 0 Å². The van der Waals surface area contributed by atoms with E-state index < -0.39 is 10.0 Å². The minimum atomic E-state index is -3.66. The Kier molecular flexibility index (Phi) is 4.79. The minimum absolute atomic E-state index is 0.113. The van der Waals surface area contributed by atoms with Crippen molar-refractivity contribution in [3.05, 3.63) is 18.3 Å². The van der Waals surface area contributed by atoms with E-state index in [0.717, 1.165) is 13.0 Å². The summed E-state index contributed by atoms with van der Waals surface area (Å²) in [5.74, 6) is 0.448. The highest BCUT2D eigenvalue weighted by Crippen LogP contribution is 2.18. The normalized spacial score (nSPS) is 17.0. The van der Waals surface area contributed by atoms with Gasteiger partial charge in [0.05, 0.1) is 6.54 Å². The van der Waals surface area contributed by atoms with Crippen LogP contribution in [0.25, 0.3) is 0 Å². The van der Waals surface area contributed by atoms with Crippen LogP contribution in [0.4, 0.5) is 5.82 Å². The fourth-order valence-corrected chi connectivity index (χ4v) is 3.31. The van der Waals surface area contributed by atoms with Gasteiger partial charge in [0.2, 0.25) is 15.9 Å². The van der Waals surface area contributed by atoms with Crippen LogP contribution in [0.3, 0.4) is 0 Å². The molecule has 0 atom stereocenters. The van der Waals surface area contributed by atoms with Crippen molar-refractivity contribution in [2.45, 2.75) is 18.2 Å². The summed E-state index contributed by atoms with van der Waals surface area (Å²) in [5.41, 5.74) is 0. The van der Waals surface area contributed by atoms with Gasteiger partial charge in [-0.3, -0.25) is 4.79 Å². The highest BCUT2D eigenvalue weighted by atomic mass is 32.2. The molecule has 0 aromatic carbocycles. The molecule has 0 bridgehead atoms. The number of sulfonamides is 1. The number of likely N-dealkylation sites (N-methyl/N-ethyl adjacent to an activating group) is 1. The van der Waals surface area contributed by atoms with Gasteiger partial charge in [-0.15, -0.1) is 0 Å². The smallest absolute Gasteiger partial charge is 0.245 e. The monoisotopic (exact) mass is 312 g/mol. The Morgan fingerprint density at radius 3 is 2.67 bits per heavy atom. The first-order chi connectivity index (χ1) is 9.95. The maximum atomic E-state index is 12.5. The van der Waals surface area contributed by atoms with E-state index in [1.54, 1.807) is 13.1 Å². The fourth-order valence-electron chi connectivity index (χ4n) is 1.98. The molecule has 0 spiro atoms. The fraction of sp³-hybridized carbons (Fsp3) is 0.538. The molecule has 8 heteroatoms. The average Bonchev–Trinajstić information content (AvgIpc) is 2.48.